The molecular weight excluding hydrogens is 196 g/mol. The molecule has 3 nitrogen and oxygen atoms in total. The van der Waals surface area contributed by atoms with Gasteiger partial charge in [0, 0.05) is 11.1 Å². The van der Waals surface area contributed by atoms with Crippen molar-refractivity contribution < 1.29 is 4.84 Å². The number of aryl methyl sites for hydroxylation is 1. The van der Waals surface area contributed by atoms with E-state index in [1.807, 2.05) is 6.20 Å². The lowest BCUT2D eigenvalue weighted by atomic mass is 10.2. The molecule has 0 aliphatic carbocycles. The summed E-state index contributed by atoms with van der Waals surface area (Å²) in [4.78, 5) is 10.8. The van der Waals surface area contributed by atoms with Gasteiger partial charge in [0.05, 0.1) is 18.2 Å². The summed E-state index contributed by atoms with van der Waals surface area (Å²) >= 11 is 1.74. The Bertz CT molecular complexity index is 260. The van der Waals surface area contributed by atoms with Crippen molar-refractivity contribution in [2.45, 2.75) is 33.7 Å². The third-order valence-corrected chi connectivity index (χ3v) is 2.81. The molecule has 0 bridgehead atoms. The molecule has 80 valence electrons. The molecule has 1 aromatic heterocycles. The van der Waals surface area contributed by atoms with Crippen LogP contribution in [0.15, 0.2) is 6.20 Å². The summed E-state index contributed by atoms with van der Waals surface area (Å²) in [7, 11) is 0. The van der Waals surface area contributed by atoms with Crippen LogP contribution in [0.1, 0.15) is 30.7 Å². The van der Waals surface area contributed by atoms with E-state index in [1.165, 1.54) is 9.88 Å². The monoisotopic (exact) mass is 214 g/mol. The van der Waals surface area contributed by atoms with Gasteiger partial charge in [-0.3, -0.25) is 0 Å². The molecular formula is C10H18N2OS. The van der Waals surface area contributed by atoms with Crippen LogP contribution in [0.4, 0.5) is 0 Å². The molecule has 0 amide bonds. The van der Waals surface area contributed by atoms with Crippen molar-refractivity contribution >= 4 is 11.3 Å². The summed E-state index contributed by atoms with van der Waals surface area (Å²) in [6.45, 7) is 7.88. The molecule has 4 heteroatoms. The highest BCUT2D eigenvalue weighted by molar-refractivity contribution is 7.11. The number of nitrogens with one attached hydrogen (secondary N) is 1. The predicted octanol–water partition coefficient (Wildman–Crippen LogP) is 2.38. The molecule has 1 N–H and O–H groups in total. The number of rotatable bonds is 6. The Labute approximate surface area is 89.5 Å². The van der Waals surface area contributed by atoms with Crippen molar-refractivity contribution in [2.24, 2.45) is 5.92 Å². The average Bonchev–Trinajstić information content (AvgIpc) is 2.60. The van der Waals surface area contributed by atoms with E-state index in [1.54, 1.807) is 11.3 Å². The van der Waals surface area contributed by atoms with Crippen LogP contribution in [-0.4, -0.2) is 11.6 Å². The lowest BCUT2D eigenvalue weighted by Crippen LogP contribution is -2.16. The Balaban J connectivity index is 2.18. The van der Waals surface area contributed by atoms with E-state index in [0.29, 0.717) is 5.92 Å². The van der Waals surface area contributed by atoms with Crippen molar-refractivity contribution in [3.8, 4) is 0 Å². The largest absolute Gasteiger partial charge is 0.301 e. The minimum absolute atomic E-state index is 0.565. The van der Waals surface area contributed by atoms with Crippen LogP contribution in [0.3, 0.4) is 0 Å². The molecule has 14 heavy (non-hydrogen) atoms. The minimum Gasteiger partial charge on any atom is -0.301 e. The summed E-state index contributed by atoms with van der Waals surface area (Å²) in [5.41, 5.74) is 2.94. The Morgan fingerprint density at radius 3 is 2.93 bits per heavy atom. The van der Waals surface area contributed by atoms with Gasteiger partial charge in [0.25, 0.3) is 0 Å². The number of hydrogen-bond acceptors (Lipinski definition) is 4. The van der Waals surface area contributed by atoms with E-state index >= 15 is 0 Å². The fourth-order valence-electron chi connectivity index (χ4n) is 0.941. The molecule has 0 atom stereocenters. The standard InChI is InChI=1S/C10H18N2OS/c1-4-10-11-5-9(14-10)6-12-13-7-8(2)3/h5,8,12H,4,6-7H2,1-3H3. The van der Waals surface area contributed by atoms with Crippen molar-refractivity contribution in [3.63, 3.8) is 0 Å². The van der Waals surface area contributed by atoms with Gasteiger partial charge in [0.2, 0.25) is 0 Å². The fraction of sp³-hybridized carbons (Fsp3) is 0.700. The molecule has 0 aliphatic rings. The van der Waals surface area contributed by atoms with Crippen molar-refractivity contribution in [3.05, 3.63) is 16.1 Å². The first-order valence-electron chi connectivity index (χ1n) is 5.00. The molecule has 0 aliphatic heterocycles. The molecule has 0 aromatic carbocycles. The van der Waals surface area contributed by atoms with E-state index in [0.717, 1.165) is 19.6 Å². The topological polar surface area (TPSA) is 34.2 Å². The zero-order chi connectivity index (χ0) is 10.4. The van der Waals surface area contributed by atoms with Crippen molar-refractivity contribution in [1.29, 1.82) is 0 Å². The summed E-state index contributed by atoms with van der Waals surface area (Å²) in [5, 5.41) is 1.19. The molecule has 0 unspecified atom stereocenters. The molecule has 0 saturated heterocycles. The first-order valence-corrected chi connectivity index (χ1v) is 5.82. The Morgan fingerprint density at radius 1 is 1.57 bits per heavy atom. The maximum Gasteiger partial charge on any atom is 0.0925 e. The van der Waals surface area contributed by atoms with Gasteiger partial charge in [-0.2, -0.15) is 5.48 Å². The lowest BCUT2D eigenvalue weighted by molar-refractivity contribution is 0.0201. The van der Waals surface area contributed by atoms with Crippen LogP contribution in [0.2, 0.25) is 0 Å². The Kier molecular flexibility index (Phi) is 5.07. The first-order chi connectivity index (χ1) is 6.72. The molecule has 1 heterocycles. The third kappa shape index (κ3) is 4.17. The molecule has 1 rings (SSSR count). The second-order valence-electron chi connectivity index (χ2n) is 3.60. The van der Waals surface area contributed by atoms with Gasteiger partial charge in [0.15, 0.2) is 0 Å². The van der Waals surface area contributed by atoms with Gasteiger partial charge < -0.3 is 4.84 Å². The molecule has 0 saturated carbocycles. The van der Waals surface area contributed by atoms with Gasteiger partial charge in [-0.1, -0.05) is 20.8 Å². The SMILES string of the molecule is CCc1ncc(CNOCC(C)C)s1. The summed E-state index contributed by atoms with van der Waals surface area (Å²) in [6.07, 6.45) is 2.92. The highest BCUT2D eigenvalue weighted by Crippen LogP contribution is 2.12. The normalized spacial score (nSPS) is 11.1. The van der Waals surface area contributed by atoms with E-state index in [2.05, 4.69) is 31.2 Å². The lowest BCUT2D eigenvalue weighted by Gasteiger charge is -2.05. The number of hydrogen-bond donors (Lipinski definition) is 1. The Hall–Kier alpha value is -0.450. The van der Waals surface area contributed by atoms with Gasteiger partial charge in [-0.15, -0.1) is 11.3 Å². The molecule has 0 radical (unpaired) electrons. The third-order valence-electron chi connectivity index (χ3n) is 1.67. The summed E-state index contributed by atoms with van der Waals surface area (Å²) < 4.78 is 0. The smallest absolute Gasteiger partial charge is 0.0925 e. The zero-order valence-electron chi connectivity index (χ0n) is 9.04. The van der Waals surface area contributed by atoms with Gasteiger partial charge >= 0.3 is 0 Å². The van der Waals surface area contributed by atoms with Crippen molar-refractivity contribution in [2.75, 3.05) is 6.61 Å². The van der Waals surface area contributed by atoms with Gasteiger partial charge in [-0.05, 0) is 12.3 Å². The zero-order valence-corrected chi connectivity index (χ0v) is 9.86. The number of aromatic nitrogens is 1. The van der Waals surface area contributed by atoms with Crippen LogP contribution in [0.25, 0.3) is 0 Å². The number of hydroxylamine groups is 1. The van der Waals surface area contributed by atoms with Crippen molar-refractivity contribution in [1.82, 2.24) is 10.5 Å². The number of nitrogens with zero attached hydrogens (tertiary/aromatic N) is 1. The maximum absolute atomic E-state index is 5.27. The highest BCUT2D eigenvalue weighted by atomic mass is 32.1. The second kappa shape index (κ2) is 6.11. The van der Waals surface area contributed by atoms with E-state index < -0.39 is 0 Å². The first kappa shape index (κ1) is 11.6. The quantitative estimate of drug-likeness (QED) is 0.583. The average molecular weight is 214 g/mol. The van der Waals surface area contributed by atoms with Crippen LogP contribution in [-0.2, 0) is 17.8 Å². The minimum atomic E-state index is 0.565. The van der Waals surface area contributed by atoms with Crippen LogP contribution in [0.5, 0.6) is 0 Å². The summed E-state index contributed by atoms with van der Waals surface area (Å²) in [5.74, 6) is 0.565. The van der Waals surface area contributed by atoms with Gasteiger partial charge in [-0.25, -0.2) is 4.98 Å². The number of thiazole rings is 1. The maximum atomic E-state index is 5.27. The molecule has 0 spiro atoms. The highest BCUT2D eigenvalue weighted by Gasteiger charge is 1.99. The fourth-order valence-corrected chi connectivity index (χ4v) is 1.73. The van der Waals surface area contributed by atoms with Crippen LogP contribution < -0.4 is 5.48 Å². The van der Waals surface area contributed by atoms with E-state index in [-0.39, 0.29) is 0 Å². The Morgan fingerprint density at radius 2 is 2.36 bits per heavy atom. The van der Waals surface area contributed by atoms with Gasteiger partial charge in [0.1, 0.15) is 0 Å². The summed E-state index contributed by atoms with van der Waals surface area (Å²) in [6, 6.07) is 0. The molecule has 1 aromatic rings. The van der Waals surface area contributed by atoms with Crippen LogP contribution in [0, 0.1) is 5.92 Å². The second-order valence-corrected chi connectivity index (χ2v) is 4.80. The van der Waals surface area contributed by atoms with Crippen LogP contribution >= 0.6 is 11.3 Å². The van der Waals surface area contributed by atoms with E-state index in [9.17, 15) is 0 Å². The predicted molar refractivity (Wildman–Crippen MR) is 59.1 cm³/mol. The van der Waals surface area contributed by atoms with E-state index in [4.69, 9.17) is 4.84 Å². The molecule has 0 fully saturated rings.